The van der Waals surface area contributed by atoms with Gasteiger partial charge >= 0.3 is 12.5 Å². The van der Waals surface area contributed by atoms with Gasteiger partial charge in [-0.3, -0.25) is 0 Å². The average molecular weight is 477 g/mol. The summed E-state index contributed by atoms with van der Waals surface area (Å²) in [7, 11) is 0. The summed E-state index contributed by atoms with van der Waals surface area (Å²) in [5.41, 5.74) is 1.37. The Labute approximate surface area is 187 Å². The summed E-state index contributed by atoms with van der Waals surface area (Å²) in [6.07, 6.45) is -8.18. The van der Waals surface area contributed by atoms with Crippen molar-refractivity contribution in [3.8, 4) is 11.5 Å². The standard InChI is InChI=1S/C23H25F6NO3/c24-22(25,26)20(31)13-30-21(16-4-1-2-5-16)17-6-3-7-19(12-17)32-14-15-8-10-18(11-9-15)33-23(27,28)29/h3,6-12,16,20-21,30-31H,1-2,4-5,13-14H2. The van der Waals surface area contributed by atoms with Crippen LogP contribution in [0.2, 0.25) is 0 Å². The number of alkyl halides is 6. The first-order valence-corrected chi connectivity index (χ1v) is 10.6. The summed E-state index contributed by atoms with van der Waals surface area (Å²) in [6.45, 7) is -0.522. The molecule has 3 rings (SSSR count). The van der Waals surface area contributed by atoms with Crippen LogP contribution in [0.5, 0.6) is 11.5 Å². The van der Waals surface area contributed by atoms with E-state index in [-0.39, 0.29) is 24.3 Å². The van der Waals surface area contributed by atoms with E-state index in [1.165, 1.54) is 24.3 Å². The zero-order valence-electron chi connectivity index (χ0n) is 17.6. The van der Waals surface area contributed by atoms with E-state index in [4.69, 9.17) is 4.74 Å². The van der Waals surface area contributed by atoms with Crippen molar-refractivity contribution < 1.29 is 40.9 Å². The Hall–Kier alpha value is -2.46. The van der Waals surface area contributed by atoms with Gasteiger partial charge in [-0.1, -0.05) is 37.1 Å². The second-order valence-corrected chi connectivity index (χ2v) is 8.04. The second-order valence-electron chi connectivity index (χ2n) is 8.04. The molecule has 2 atom stereocenters. The minimum atomic E-state index is -4.77. The number of ether oxygens (including phenoxy) is 2. The highest BCUT2D eigenvalue weighted by atomic mass is 19.4. The van der Waals surface area contributed by atoms with Crippen molar-refractivity contribution in [2.45, 2.75) is 57.0 Å². The Balaban J connectivity index is 1.65. The van der Waals surface area contributed by atoms with E-state index < -0.39 is 25.2 Å². The fourth-order valence-electron chi connectivity index (χ4n) is 3.95. The minimum absolute atomic E-state index is 0.0874. The Morgan fingerprint density at radius 3 is 2.21 bits per heavy atom. The highest BCUT2D eigenvalue weighted by molar-refractivity contribution is 5.32. The Kier molecular flexibility index (Phi) is 8.12. The van der Waals surface area contributed by atoms with Gasteiger partial charge in [0.15, 0.2) is 6.10 Å². The Morgan fingerprint density at radius 2 is 1.61 bits per heavy atom. The van der Waals surface area contributed by atoms with Gasteiger partial charge in [-0.25, -0.2) is 0 Å². The molecule has 1 aliphatic carbocycles. The average Bonchev–Trinajstić information content (AvgIpc) is 3.26. The van der Waals surface area contributed by atoms with Crippen LogP contribution in [0.25, 0.3) is 0 Å². The van der Waals surface area contributed by atoms with E-state index in [9.17, 15) is 31.4 Å². The third kappa shape index (κ3) is 7.82. The molecule has 2 aromatic rings. The van der Waals surface area contributed by atoms with E-state index in [2.05, 4.69) is 10.1 Å². The second kappa shape index (κ2) is 10.6. The zero-order chi connectivity index (χ0) is 24.1. The number of hydrogen-bond donors (Lipinski definition) is 2. The first-order valence-electron chi connectivity index (χ1n) is 10.6. The van der Waals surface area contributed by atoms with Gasteiger partial charge in [-0.05, 0) is 54.2 Å². The molecule has 1 aliphatic rings. The molecular formula is C23H25F6NO3. The monoisotopic (exact) mass is 477 g/mol. The largest absolute Gasteiger partial charge is 0.573 e. The quantitative estimate of drug-likeness (QED) is 0.441. The van der Waals surface area contributed by atoms with Crippen molar-refractivity contribution in [3.63, 3.8) is 0 Å². The van der Waals surface area contributed by atoms with Crippen molar-refractivity contribution in [3.05, 3.63) is 59.7 Å². The zero-order valence-corrected chi connectivity index (χ0v) is 17.6. The van der Waals surface area contributed by atoms with Crippen molar-refractivity contribution in [1.29, 1.82) is 0 Å². The molecule has 0 aromatic heterocycles. The van der Waals surface area contributed by atoms with E-state index in [0.717, 1.165) is 31.2 Å². The molecule has 0 aliphatic heterocycles. The van der Waals surface area contributed by atoms with Crippen LogP contribution in [0.15, 0.2) is 48.5 Å². The number of aliphatic hydroxyl groups is 1. The third-order valence-electron chi connectivity index (χ3n) is 5.56. The molecule has 4 nitrogen and oxygen atoms in total. The maximum absolute atomic E-state index is 12.7. The molecular weight excluding hydrogens is 452 g/mol. The number of hydrogen-bond acceptors (Lipinski definition) is 4. The highest BCUT2D eigenvalue weighted by Crippen LogP contribution is 2.37. The van der Waals surface area contributed by atoms with E-state index >= 15 is 0 Å². The summed E-state index contributed by atoms with van der Waals surface area (Å²) in [6, 6.07) is 11.9. The molecule has 0 radical (unpaired) electrons. The van der Waals surface area contributed by atoms with Crippen molar-refractivity contribution in [2.24, 2.45) is 5.92 Å². The maximum atomic E-state index is 12.7. The summed E-state index contributed by atoms with van der Waals surface area (Å²) in [5.74, 6) is 0.283. The van der Waals surface area contributed by atoms with Gasteiger partial charge in [0.1, 0.15) is 18.1 Å². The lowest BCUT2D eigenvalue weighted by molar-refractivity contribution is -0.274. The topological polar surface area (TPSA) is 50.7 Å². The van der Waals surface area contributed by atoms with Gasteiger partial charge in [-0.15, -0.1) is 13.2 Å². The van der Waals surface area contributed by atoms with Crippen LogP contribution >= 0.6 is 0 Å². The van der Waals surface area contributed by atoms with Crippen molar-refractivity contribution >= 4 is 0 Å². The predicted octanol–water partition coefficient (Wildman–Crippen LogP) is 5.91. The maximum Gasteiger partial charge on any atom is 0.573 e. The molecule has 2 aromatic carbocycles. The van der Waals surface area contributed by atoms with Crippen LogP contribution in [-0.4, -0.2) is 30.3 Å². The lowest BCUT2D eigenvalue weighted by Gasteiger charge is -2.27. The predicted molar refractivity (Wildman–Crippen MR) is 109 cm³/mol. The third-order valence-corrected chi connectivity index (χ3v) is 5.56. The first kappa shape index (κ1) is 25.2. The summed E-state index contributed by atoms with van der Waals surface area (Å²) >= 11 is 0. The molecule has 0 spiro atoms. The molecule has 2 N–H and O–H groups in total. The van der Waals surface area contributed by atoms with Gasteiger partial charge in [0.2, 0.25) is 0 Å². The number of aliphatic hydroxyl groups excluding tert-OH is 1. The summed E-state index contributed by atoms with van der Waals surface area (Å²) in [4.78, 5) is 0. The number of rotatable bonds is 9. The van der Waals surface area contributed by atoms with Crippen LogP contribution in [-0.2, 0) is 6.61 Å². The summed E-state index contributed by atoms with van der Waals surface area (Å²) in [5, 5.41) is 12.3. The smallest absolute Gasteiger partial charge is 0.489 e. The van der Waals surface area contributed by atoms with Crippen molar-refractivity contribution in [1.82, 2.24) is 5.32 Å². The Bertz CT molecular complexity index is 879. The van der Waals surface area contributed by atoms with Crippen LogP contribution in [0, 0.1) is 5.92 Å². The molecule has 182 valence electrons. The van der Waals surface area contributed by atoms with Gasteiger partial charge in [0, 0.05) is 12.6 Å². The molecule has 10 heteroatoms. The molecule has 0 saturated heterocycles. The van der Waals surface area contributed by atoms with Gasteiger partial charge < -0.3 is 19.9 Å². The number of nitrogens with one attached hydrogen (secondary N) is 1. The lowest BCUT2D eigenvalue weighted by atomic mass is 9.91. The van der Waals surface area contributed by atoms with Crippen LogP contribution in [0.4, 0.5) is 26.3 Å². The molecule has 2 unspecified atom stereocenters. The van der Waals surface area contributed by atoms with Gasteiger partial charge in [0.05, 0.1) is 0 Å². The molecule has 1 saturated carbocycles. The summed E-state index contributed by atoms with van der Waals surface area (Å²) < 4.78 is 84.6. The van der Waals surface area contributed by atoms with E-state index in [1.54, 1.807) is 24.3 Å². The fourth-order valence-corrected chi connectivity index (χ4v) is 3.95. The molecule has 0 heterocycles. The lowest BCUT2D eigenvalue weighted by Crippen LogP contribution is -2.41. The van der Waals surface area contributed by atoms with E-state index in [0.29, 0.717) is 11.3 Å². The molecule has 33 heavy (non-hydrogen) atoms. The SMILES string of the molecule is OC(CNC(c1cccc(OCc2ccc(OC(F)(F)F)cc2)c1)C1CCCC1)C(F)(F)F. The minimum Gasteiger partial charge on any atom is -0.489 e. The van der Waals surface area contributed by atoms with Crippen molar-refractivity contribution in [2.75, 3.05) is 6.54 Å². The number of benzene rings is 2. The first-order chi connectivity index (χ1) is 15.5. The highest BCUT2D eigenvalue weighted by Gasteiger charge is 2.39. The molecule has 0 amide bonds. The fraction of sp³-hybridized carbons (Fsp3) is 0.478. The van der Waals surface area contributed by atoms with Gasteiger partial charge in [0.25, 0.3) is 0 Å². The van der Waals surface area contributed by atoms with Crippen LogP contribution < -0.4 is 14.8 Å². The van der Waals surface area contributed by atoms with Crippen LogP contribution in [0.3, 0.4) is 0 Å². The normalized spacial score (nSPS) is 17.1. The molecule has 1 fully saturated rings. The molecule has 0 bridgehead atoms. The van der Waals surface area contributed by atoms with Gasteiger partial charge in [-0.2, -0.15) is 13.2 Å². The number of halogens is 6. The Morgan fingerprint density at radius 1 is 0.939 bits per heavy atom. The van der Waals surface area contributed by atoms with E-state index in [1.807, 2.05) is 0 Å². The van der Waals surface area contributed by atoms with Crippen LogP contribution in [0.1, 0.15) is 42.9 Å².